The van der Waals surface area contributed by atoms with E-state index in [0.29, 0.717) is 0 Å². The number of nitrogens with one attached hydrogen (secondary N) is 1. The Morgan fingerprint density at radius 3 is 2.35 bits per heavy atom. The molecule has 0 fully saturated rings. The van der Waals surface area contributed by atoms with Gasteiger partial charge < -0.3 is 0 Å². The number of hydrogen-bond donors (Lipinski definition) is 2. The lowest BCUT2D eigenvalue weighted by molar-refractivity contribution is 0.520. The van der Waals surface area contributed by atoms with Crippen LogP contribution in [0.2, 0.25) is 0 Å². The first-order chi connectivity index (χ1) is 9.58. The number of hydrazine groups is 1. The molecule has 0 saturated carbocycles. The molecule has 2 aromatic carbocycles. The van der Waals surface area contributed by atoms with Crippen LogP contribution in [0.15, 0.2) is 42.5 Å². The molecule has 1 atom stereocenters. The summed E-state index contributed by atoms with van der Waals surface area (Å²) in [6.07, 6.45) is 1.64. The molecular weight excluding hydrogens is 251 g/mol. The molecule has 20 heavy (non-hydrogen) atoms. The van der Waals surface area contributed by atoms with E-state index in [4.69, 9.17) is 5.84 Å². The van der Waals surface area contributed by atoms with Crippen LogP contribution < -0.4 is 11.3 Å². The maximum atomic E-state index is 13.1. The molecule has 3 heteroatoms. The summed E-state index contributed by atoms with van der Waals surface area (Å²) in [7, 11) is 0. The molecule has 0 saturated heterocycles. The SMILES string of the molecule is Cc1ccc(CC(Cc2ccc(F)cc2C)NN)cc1. The number of aryl methyl sites for hydroxylation is 2. The minimum Gasteiger partial charge on any atom is -0.271 e. The van der Waals surface area contributed by atoms with Gasteiger partial charge in [-0.3, -0.25) is 11.3 Å². The Balaban J connectivity index is 2.07. The van der Waals surface area contributed by atoms with Crippen molar-refractivity contribution in [2.75, 3.05) is 0 Å². The van der Waals surface area contributed by atoms with Gasteiger partial charge >= 0.3 is 0 Å². The molecule has 2 nitrogen and oxygen atoms in total. The van der Waals surface area contributed by atoms with Crippen LogP contribution in [0.25, 0.3) is 0 Å². The zero-order valence-corrected chi connectivity index (χ0v) is 12.0. The Bertz CT molecular complexity index is 564. The van der Waals surface area contributed by atoms with E-state index in [2.05, 4.69) is 36.6 Å². The molecule has 0 aliphatic carbocycles. The highest BCUT2D eigenvalue weighted by atomic mass is 19.1. The third-order valence-electron chi connectivity index (χ3n) is 3.61. The number of benzene rings is 2. The van der Waals surface area contributed by atoms with E-state index in [-0.39, 0.29) is 11.9 Å². The summed E-state index contributed by atoms with van der Waals surface area (Å²) in [5.41, 5.74) is 7.45. The summed E-state index contributed by atoms with van der Waals surface area (Å²) >= 11 is 0. The third-order valence-corrected chi connectivity index (χ3v) is 3.61. The van der Waals surface area contributed by atoms with Crippen molar-refractivity contribution in [3.8, 4) is 0 Å². The second-order valence-corrected chi connectivity index (χ2v) is 5.33. The van der Waals surface area contributed by atoms with E-state index in [0.717, 1.165) is 24.0 Å². The number of nitrogens with two attached hydrogens (primary N) is 1. The molecule has 0 spiro atoms. The Hall–Kier alpha value is -1.71. The van der Waals surface area contributed by atoms with E-state index in [1.54, 1.807) is 6.07 Å². The van der Waals surface area contributed by atoms with Crippen molar-refractivity contribution in [1.29, 1.82) is 0 Å². The van der Waals surface area contributed by atoms with Gasteiger partial charge in [0.15, 0.2) is 0 Å². The maximum Gasteiger partial charge on any atom is 0.123 e. The lowest BCUT2D eigenvalue weighted by Gasteiger charge is -2.17. The van der Waals surface area contributed by atoms with E-state index >= 15 is 0 Å². The number of hydrogen-bond acceptors (Lipinski definition) is 2. The van der Waals surface area contributed by atoms with Crippen molar-refractivity contribution in [1.82, 2.24) is 5.43 Å². The van der Waals surface area contributed by atoms with Gasteiger partial charge in [0.25, 0.3) is 0 Å². The highest BCUT2D eigenvalue weighted by Gasteiger charge is 2.11. The van der Waals surface area contributed by atoms with Gasteiger partial charge in [-0.15, -0.1) is 0 Å². The highest BCUT2D eigenvalue weighted by Crippen LogP contribution is 2.14. The summed E-state index contributed by atoms with van der Waals surface area (Å²) in [5.74, 6) is 5.46. The monoisotopic (exact) mass is 272 g/mol. The normalized spacial score (nSPS) is 12.4. The second-order valence-electron chi connectivity index (χ2n) is 5.33. The van der Waals surface area contributed by atoms with Gasteiger partial charge in [0, 0.05) is 6.04 Å². The van der Waals surface area contributed by atoms with Crippen molar-refractivity contribution < 1.29 is 4.39 Å². The van der Waals surface area contributed by atoms with Crippen LogP contribution in [0.4, 0.5) is 4.39 Å². The fraction of sp³-hybridized carbons (Fsp3) is 0.294. The summed E-state index contributed by atoms with van der Waals surface area (Å²) < 4.78 is 13.1. The maximum absolute atomic E-state index is 13.1. The Morgan fingerprint density at radius 1 is 1.05 bits per heavy atom. The molecule has 0 radical (unpaired) electrons. The third kappa shape index (κ3) is 3.89. The zero-order valence-electron chi connectivity index (χ0n) is 12.0. The average Bonchev–Trinajstić information content (AvgIpc) is 2.43. The minimum absolute atomic E-state index is 0.141. The second kappa shape index (κ2) is 6.64. The van der Waals surface area contributed by atoms with Gasteiger partial charge in [-0.1, -0.05) is 35.9 Å². The zero-order chi connectivity index (χ0) is 14.5. The van der Waals surface area contributed by atoms with Crippen LogP contribution in [0.5, 0.6) is 0 Å². The Morgan fingerprint density at radius 2 is 1.75 bits per heavy atom. The van der Waals surface area contributed by atoms with Crippen molar-refractivity contribution in [2.24, 2.45) is 5.84 Å². The topological polar surface area (TPSA) is 38.0 Å². The fourth-order valence-corrected chi connectivity index (χ4v) is 2.35. The van der Waals surface area contributed by atoms with Gasteiger partial charge in [-0.25, -0.2) is 4.39 Å². The van der Waals surface area contributed by atoms with Gasteiger partial charge in [0.05, 0.1) is 0 Å². The molecule has 2 aromatic rings. The lowest BCUT2D eigenvalue weighted by atomic mass is 9.96. The van der Waals surface area contributed by atoms with E-state index in [1.807, 2.05) is 13.0 Å². The summed E-state index contributed by atoms with van der Waals surface area (Å²) in [6, 6.07) is 13.5. The molecule has 2 rings (SSSR count). The molecule has 0 aliphatic heterocycles. The molecule has 0 bridgehead atoms. The van der Waals surface area contributed by atoms with Crippen LogP contribution in [0.1, 0.15) is 22.3 Å². The van der Waals surface area contributed by atoms with E-state index in [1.165, 1.54) is 17.2 Å². The van der Waals surface area contributed by atoms with Gasteiger partial charge in [0.2, 0.25) is 0 Å². The minimum atomic E-state index is -0.193. The predicted octanol–water partition coefficient (Wildman–Crippen LogP) is 3.06. The fourth-order valence-electron chi connectivity index (χ4n) is 2.35. The van der Waals surface area contributed by atoms with E-state index < -0.39 is 0 Å². The quantitative estimate of drug-likeness (QED) is 0.648. The van der Waals surface area contributed by atoms with Gasteiger partial charge in [-0.2, -0.15) is 0 Å². The number of halogens is 1. The molecule has 0 heterocycles. The molecule has 0 aromatic heterocycles. The molecular formula is C17H21FN2. The van der Waals surface area contributed by atoms with Crippen molar-refractivity contribution in [3.63, 3.8) is 0 Å². The molecule has 3 N–H and O–H groups in total. The first-order valence-electron chi connectivity index (χ1n) is 6.85. The van der Waals surface area contributed by atoms with Crippen LogP contribution in [0.3, 0.4) is 0 Å². The van der Waals surface area contributed by atoms with Crippen LogP contribution in [-0.2, 0) is 12.8 Å². The molecule has 0 amide bonds. The van der Waals surface area contributed by atoms with E-state index in [9.17, 15) is 4.39 Å². The van der Waals surface area contributed by atoms with Gasteiger partial charge in [0.1, 0.15) is 5.82 Å². The smallest absolute Gasteiger partial charge is 0.123 e. The van der Waals surface area contributed by atoms with Gasteiger partial charge in [-0.05, 0) is 55.5 Å². The van der Waals surface area contributed by atoms with Crippen molar-refractivity contribution in [3.05, 3.63) is 70.5 Å². The lowest BCUT2D eigenvalue weighted by Crippen LogP contribution is -2.38. The molecule has 1 unspecified atom stereocenters. The highest BCUT2D eigenvalue weighted by molar-refractivity contribution is 5.28. The Kier molecular flexibility index (Phi) is 4.88. The first kappa shape index (κ1) is 14.7. The molecule has 106 valence electrons. The summed E-state index contributed by atoms with van der Waals surface area (Å²) in [6.45, 7) is 4.00. The first-order valence-corrected chi connectivity index (χ1v) is 6.85. The standard InChI is InChI=1S/C17H21FN2/c1-12-3-5-14(6-4-12)10-17(20-19)11-15-7-8-16(18)9-13(15)2/h3-9,17,20H,10-11,19H2,1-2H3. The largest absolute Gasteiger partial charge is 0.271 e. The summed E-state index contributed by atoms with van der Waals surface area (Å²) in [5, 5.41) is 0. The van der Waals surface area contributed by atoms with Crippen LogP contribution in [0, 0.1) is 19.7 Å². The number of rotatable bonds is 5. The van der Waals surface area contributed by atoms with Crippen molar-refractivity contribution >= 4 is 0 Å². The summed E-state index contributed by atoms with van der Waals surface area (Å²) in [4.78, 5) is 0. The average molecular weight is 272 g/mol. The van der Waals surface area contributed by atoms with Crippen molar-refractivity contribution in [2.45, 2.75) is 32.7 Å². The van der Waals surface area contributed by atoms with Crippen LogP contribution in [-0.4, -0.2) is 6.04 Å². The predicted molar refractivity (Wildman–Crippen MR) is 80.8 cm³/mol. The Labute approximate surface area is 119 Å². The molecule has 0 aliphatic rings. The van der Waals surface area contributed by atoms with Crippen LogP contribution >= 0.6 is 0 Å².